The van der Waals surface area contributed by atoms with Gasteiger partial charge in [-0.2, -0.15) is 4.68 Å². The molecule has 0 spiro atoms. The molecule has 18 heavy (non-hydrogen) atoms. The summed E-state index contributed by atoms with van der Waals surface area (Å²) in [5, 5.41) is 19.3. The molecule has 0 saturated carbocycles. The van der Waals surface area contributed by atoms with Gasteiger partial charge in [0.1, 0.15) is 0 Å². The van der Waals surface area contributed by atoms with Gasteiger partial charge in [0.25, 0.3) is 0 Å². The average molecular weight is 272 g/mol. The zero-order valence-electron chi connectivity index (χ0n) is 8.75. The Morgan fingerprint density at radius 1 is 1.39 bits per heavy atom. The highest BCUT2D eigenvalue weighted by Gasteiger charge is 2.12. The number of nitrogens with zero attached hydrogens (tertiary/aromatic N) is 4. The van der Waals surface area contributed by atoms with E-state index in [2.05, 4.69) is 15.5 Å². The lowest BCUT2D eigenvalue weighted by molar-refractivity contribution is -0.133. The normalized spacial score (nSPS) is 10.6. The molecular formula is C9H6F2N4O2S. The molecule has 1 aromatic heterocycles. The molecule has 1 N–H and O–H groups in total. The topological polar surface area (TPSA) is 80.9 Å². The van der Waals surface area contributed by atoms with E-state index < -0.39 is 17.6 Å². The molecular weight excluding hydrogens is 266 g/mol. The van der Waals surface area contributed by atoms with Crippen LogP contribution >= 0.6 is 11.8 Å². The van der Waals surface area contributed by atoms with Crippen LogP contribution in [0.1, 0.15) is 0 Å². The smallest absolute Gasteiger partial charge is 0.313 e. The summed E-state index contributed by atoms with van der Waals surface area (Å²) >= 11 is 0.878. The van der Waals surface area contributed by atoms with Gasteiger partial charge in [-0.1, -0.05) is 11.8 Å². The predicted molar refractivity (Wildman–Crippen MR) is 57.4 cm³/mol. The molecule has 0 aliphatic carbocycles. The van der Waals surface area contributed by atoms with Crippen molar-refractivity contribution in [2.75, 3.05) is 5.75 Å². The molecule has 0 fully saturated rings. The van der Waals surface area contributed by atoms with Crippen LogP contribution in [-0.4, -0.2) is 37.0 Å². The van der Waals surface area contributed by atoms with E-state index in [9.17, 15) is 13.6 Å². The first kappa shape index (κ1) is 12.4. The number of carbonyl (C=O) groups is 1. The van der Waals surface area contributed by atoms with Crippen LogP contribution in [-0.2, 0) is 4.79 Å². The molecule has 94 valence electrons. The maximum Gasteiger partial charge on any atom is 0.313 e. The maximum atomic E-state index is 13.1. The SMILES string of the molecule is O=C(O)CSc1nnnn1-c1ccc(F)c(F)c1. The van der Waals surface area contributed by atoms with Gasteiger partial charge in [0.05, 0.1) is 11.4 Å². The van der Waals surface area contributed by atoms with Gasteiger partial charge in [-0.25, -0.2) is 8.78 Å². The van der Waals surface area contributed by atoms with Gasteiger partial charge in [-0.3, -0.25) is 4.79 Å². The maximum absolute atomic E-state index is 13.1. The second-order valence-electron chi connectivity index (χ2n) is 3.15. The third-order valence-corrected chi connectivity index (χ3v) is 2.82. The number of halogens is 2. The summed E-state index contributed by atoms with van der Waals surface area (Å²) in [6, 6.07) is 3.16. The van der Waals surface area contributed by atoms with Crippen LogP contribution in [0.5, 0.6) is 0 Å². The molecule has 1 aromatic carbocycles. The highest BCUT2D eigenvalue weighted by Crippen LogP contribution is 2.19. The molecule has 2 aromatic rings. The van der Waals surface area contributed by atoms with Crippen molar-refractivity contribution in [1.82, 2.24) is 20.2 Å². The number of carboxylic acid groups (broad SMARTS) is 1. The Labute approximate surface area is 104 Å². The minimum atomic E-state index is -1.03. The van der Waals surface area contributed by atoms with E-state index in [1.165, 1.54) is 6.07 Å². The van der Waals surface area contributed by atoms with Gasteiger partial charge in [0.15, 0.2) is 11.6 Å². The van der Waals surface area contributed by atoms with Crippen LogP contribution in [0.4, 0.5) is 8.78 Å². The Kier molecular flexibility index (Phi) is 3.51. The van der Waals surface area contributed by atoms with E-state index in [-0.39, 0.29) is 16.6 Å². The molecule has 9 heteroatoms. The summed E-state index contributed by atoms with van der Waals surface area (Å²) in [5.74, 6) is -3.27. The van der Waals surface area contributed by atoms with Crippen molar-refractivity contribution >= 4 is 17.7 Å². The summed E-state index contributed by atoms with van der Waals surface area (Å²) in [5.41, 5.74) is 0.215. The molecule has 0 amide bonds. The number of rotatable bonds is 4. The minimum Gasteiger partial charge on any atom is -0.481 e. The fourth-order valence-corrected chi connectivity index (χ4v) is 1.79. The fraction of sp³-hybridized carbons (Fsp3) is 0.111. The summed E-state index contributed by atoms with van der Waals surface area (Å²) in [4.78, 5) is 10.4. The number of carboxylic acids is 1. The molecule has 0 bridgehead atoms. The Bertz CT molecular complexity index is 590. The average Bonchev–Trinajstić information content (AvgIpc) is 2.78. The number of hydrogen-bond donors (Lipinski definition) is 1. The van der Waals surface area contributed by atoms with E-state index in [1.54, 1.807) is 0 Å². The lowest BCUT2D eigenvalue weighted by Crippen LogP contribution is -2.03. The monoisotopic (exact) mass is 272 g/mol. The van der Waals surface area contributed by atoms with Gasteiger partial charge in [-0.05, 0) is 22.6 Å². The first-order valence-electron chi connectivity index (χ1n) is 4.66. The minimum absolute atomic E-state index is 0.184. The van der Waals surface area contributed by atoms with Gasteiger partial charge < -0.3 is 5.11 Å². The number of tetrazole rings is 1. The van der Waals surface area contributed by atoms with Crippen LogP contribution in [0.15, 0.2) is 23.4 Å². The number of hydrogen-bond acceptors (Lipinski definition) is 5. The quantitative estimate of drug-likeness (QED) is 0.840. The molecule has 2 rings (SSSR count). The van der Waals surface area contributed by atoms with Crippen molar-refractivity contribution in [3.63, 3.8) is 0 Å². The number of thioether (sulfide) groups is 1. The highest BCUT2D eigenvalue weighted by atomic mass is 32.2. The standard InChI is InChI=1S/C9H6F2N4O2S/c10-6-2-1-5(3-7(6)11)15-9(12-13-14-15)18-4-8(16)17/h1-3H,4H2,(H,16,17). The molecule has 6 nitrogen and oxygen atoms in total. The lowest BCUT2D eigenvalue weighted by Gasteiger charge is -2.03. The molecule has 0 radical (unpaired) electrons. The molecule has 1 heterocycles. The molecule has 0 atom stereocenters. The second kappa shape index (κ2) is 5.08. The number of aromatic nitrogens is 4. The number of aliphatic carboxylic acids is 1. The second-order valence-corrected chi connectivity index (χ2v) is 4.10. The Morgan fingerprint density at radius 3 is 2.83 bits per heavy atom. The van der Waals surface area contributed by atoms with E-state index >= 15 is 0 Å². The van der Waals surface area contributed by atoms with Crippen LogP contribution in [0.2, 0.25) is 0 Å². The Hall–Kier alpha value is -2.03. The van der Waals surface area contributed by atoms with Gasteiger partial charge in [0.2, 0.25) is 5.16 Å². The van der Waals surface area contributed by atoms with Gasteiger partial charge in [-0.15, -0.1) is 5.10 Å². The van der Waals surface area contributed by atoms with Crippen LogP contribution in [0.3, 0.4) is 0 Å². The summed E-state index contributed by atoms with van der Waals surface area (Å²) in [6.07, 6.45) is 0. The summed E-state index contributed by atoms with van der Waals surface area (Å²) < 4.78 is 27.0. The van der Waals surface area contributed by atoms with Crippen LogP contribution < -0.4 is 0 Å². The predicted octanol–water partition coefficient (Wildman–Crippen LogP) is 1.12. The molecule has 0 saturated heterocycles. The zero-order valence-corrected chi connectivity index (χ0v) is 9.56. The fourth-order valence-electron chi connectivity index (χ4n) is 1.17. The first-order chi connectivity index (χ1) is 8.58. The van der Waals surface area contributed by atoms with Gasteiger partial charge >= 0.3 is 5.97 Å². The molecule has 0 aliphatic heterocycles. The van der Waals surface area contributed by atoms with Crippen molar-refractivity contribution in [1.29, 1.82) is 0 Å². The van der Waals surface area contributed by atoms with E-state index in [0.717, 1.165) is 28.6 Å². The largest absolute Gasteiger partial charge is 0.481 e. The van der Waals surface area contributed by atoms with E-state index in [0.29, 0.717) is 0 Å². The summed E-state index contributed by atoms with van der Waals surface area (Å²) in [6.45, 7) is 0. The Balaban J connectivity index is 2.30. The van der Waals surface area contributed by atoms with E-state index in [1.807, 2.05) is 0 Å². The van der Waals surface area contributed by atoms with Crippen LogP contribution in [0.25, 0.3) is 5.69 Å². The van der Waals surface area contributed by atoms with Crippen molar-refractivity contribution in [2.24, 2.45) is 0 Å². The van der Waals surface area contributed by atoms with Crippen molar-refractivity contribution in [3.8, 4) is 5.69 Å². The molecule has 0 unspecified atom stereocenters. The highest BCUT2D eigenvalue weighted by molar-refractivity contribution is 7.99. The van der Waals surface area contributed by atoms with Crippen molar-refractivity contribution in [2.45, 2.75) is 5.16 Å². The van der Waals surface area contributed by atoms with Crippen molar-refractivity contribution < 1.29 is 18.7 Å². The first-order valence-corrected chi connectivity index (χ1v) is 5.65. The lowest BCUT2D eigenvalue weighted by atomic mass is 10.3. The van der Waals surface area contributed by atoms with Gasteiger partial charge in [0, 0.05) is 6.07 Å². The van der Waals surface area contributed by atoms with Crippen LogP contribution in [0, 0.1) is 11.6 Å². The van der Waals surface area contributed by atoms with Crippen molar-refractivity contribution in [3.05, 3.63) is 29.8 Å². The zero-order chi connectivity index (χ0) is 13.1. The van der Waals surface area contributed by atoms with E-state index in [4.69, 9.17) is 5.11 Å². The summed E-state index contributed by atoms with van der Waals surface area (Å²) in [7, 11) is 0. The third kappa shape index (κ3) is 2.62. The Morgan fingerprint density at radius 2 is 2.17 bits per heavy atom. The number of benzene rings is 1. The molecule has 0 aliphatic rings. The third-order valence-electron chi connectivity index (χ3n) is 1.91.